The van der Waals surface area contributed by atoms with Gasteiger partial charge in [-0.3, -0.25) is 4.68 Å². The third kappa shape index (κ3) is 3.12. The molecule has 2 N–H and O–H groups in total. The minimum Gasteiger partial charge on any atom is -0.507 e. The molecular formula is C16H23N3O2. The predicted octanol–water partition coefficient (Wildman–Crippen LogP) is 3.41. The Balaban J connectivity index is 2.17. The van der Waals surface area contributed by atoms with E-state index in [-0.39, 0.29) is 5.75 Å². The molecule has 0 saturated heterocycles. The number of hydrogen-bond acceptors (Lipinski definition) is 4. The van der Waals surface area contributed by atoms with Crippen LogP contribution >= 0.6 is 0 Å². The van der Waals surface area contributed by atoms with Gasteiger partial charge in [-0.05, 0) is 39.8 Å². The number of aryl methyl sites for hydroxylation is 1. The van der Waals surface area contributed by atoms with E-state index in [9.17, 15) is 5.11 Å². The third-order valence-electron chi connectivity index (χ3n) is 3.56. The van der Waals surface area contributed by atoms with Crippen LogP contribution in [0.3, 0.4) is 0 Å². The van der Waals surface area contributed by atoms with Crippen LogP contribution < -0.4 is 10.1 Å². The zero-order valence-electron chi connectivity index (χ0n) is 13.3. The first-order valence-corrected chi connectivity index (χ1v) is 7.09. The van der Waals surface area contributed by atoms with Gasteiger partial charge >= 0.3 is 0 Å². The van der Waals surface area contributed by atoms with Crippen LogP contribution in [0.15, 0.2) is 18.2 Å². The van der Waals surface area contributed by atoms with E-state index in [4.69, 9.17) is 4.74 Å². The molecule has 0 bridgehead atoms. The molecule has 0 aliphatic carbocycles. The van der Waals surface area contributed by atoms with Crippen molar-refractivity contribution in [1.82, 2.24) is 9.78 Å². The number of ether oxygens (including phenoxy) is 1. The molecule has 2 rings (SSSR count). The molecule has 5 nitrogen and oxygen atoms in total. The Labute approximate surface area is 125 Å². The summed E-state index contributed by atoms with van der Waals surface area (Å²) in [6, 6.07) is 5.65. The number of methoxy groups -OCH3 is 1. The number of hydrogen-bond donors (Lipinski definition) is 2. The standard InChI is InChI=1S/C16H23N3O2/c1-10(2)19-12(4)16(11(3)18-19)17-9-13-6-7-14(21-5)8-15(13)20/h6-8,10,17,20H,9H2,1-5H3. The molecule has 0 radical (unpaired) electrons. The highest BCUT2D eigenvalue weighted by Crippen LogP contribution is 2.26. The van der Waals surface area contributed by atoms with Gasteiger partial charge in [-0.15, -0.1) is 0 Å². The summed E-state index contributed by atoms with van der Waals surface area (Å²) in [5.74, 6) is 0.879. The van der Waals surface area contributed by atoms with E-state index < -0.39 is 0 Å². The van der Waals surface area contributed by atoms with Gasteiger partial charge in [0.15, 0.2) is 0 Å². The number of anilines is 1. The molecule has 0 spiro atoms. The van der Waals surface area contributed by atoms with Crippen LogP contribution in [0.2, 0.25) is 0 Å². The van der Waals surface area contributed by atoms with Gasteiger partial charge in [0.05, 0.1) is 24.2 Å². The number of aromatic hydroxyl groups is 1. The number of benzene rings is 1. The van der Waals surface area contributed by atoms with Crippen LogP contribution in [0, 0.1) is 13.8 Å². The number of aromatic nitrogens is 2. The molecular weight excluding hydrogens is 266 g/mol. The first-order chi connectivity index (χ1) is 9.93. The molecule has 1 aromatic carbocycles. The van der Waals surface area contributed by atoms with Gasteiger partial charge < -0.3 is 15.2 Å². The summed E-state index contributed by atoms with van der Waals surface area (Å²) in [7, 11) is 1.58. The lowest BCUT2D eigenvalue weighted by atomic mass is 10.2. The minimum atomic E-state index is 0.230. The molecule has 21 heavy (non-hydrogen) atoms. The highest BCUT2D eigenvalue weighted by Gasteiger charge is 2.13. The summed E-state index contributed by atoms with van der Waals surface area (Å²) in [6.07, 6.45) is 0. The van der Waals surface area contributed by atoms with Crippen molar-refractivity contribution in [3.05, 3.63) is 35.2 Å². The van der Waals surface area contributed by atoms with E-state index in [1.807, 2.05) is 23.7 Å². The topological polar surface area (TPSA) is 59.3 Å². The zero-order valence-corrected chi connectivity index (χ0v) is 13.3. The maximum absolute atomic E-state index is 9.99. The molecule has 5 heteroatoms. The Bertz CT molecular complexity index is 633. The average Bonchev–Trinajstić information content (AvgIpc) is 2.73. The molecule has 114 valence electrons. The van der Waals surface area contributed by atoms with Crippen LogP contribution in [-0.2, 0) is 6.54 Å². The van der Waals surface area contributed by atoms with Crippen LogP contribution in [0.4, 0.5) is 5.69 Å². The molecule has 0 aliphatic rings. The average molecular weight is 289 g/mol. The monoisotopic (exact) mass is 289 g/mol. The number of phenolic OH excluding ortho intramolecular Hbond substituents is 1. The maximum atomic E-state index is 9.99. The van der Waals surface area contributed by atoms with Gasteiger partial charge in [-0.25, -0.2) is 0 Å². The van der Waals surface area contributed by atoms with Gasteiger partial charge in [0.1, 0.15) is 11.5 Å². The van der Waals surface area contributed by atoms with Crippen molar-refractivity contribution >= 4 is 5.69 Å². The normalized spacial score (nSPS) is 11.0. The molecule has 1 heterocycles. The van der Waals surface area contributed by atoms with E-state index in [1.54, 1.807) is 13.2 Å². The van der Waals surface area contributed by atoms with Crippen molar-refractivity contribution in [2.75, 3.05) is 12.4 Å². The molecule has 1 aromatic heterocycles. The van der Waals surface area contributed by atoms with Crippen molar-refractivity contribution in [3.8, 4) is 11.5 Å². The Morgan fingerprint density at radius 3 is 2.57 bits per heavy atom. The van der Waals surface area contributed by atoms with Gasteiger partial charge in [0, 0.05) is 24.2 Å². The summed E-state index contributed by atoms with van der Waals surface area (Å²) in [5, 5.41) is 17.9. The van der Waals surface area contributed by atoms with E-state index in [0.29, 0.717) is 18.3 Å². The molecule has 0 fully saturated rings. The van der Waals surface area contributed by atoms with Crippen LogP contribution in [-0.4, -0.2) is 22.0 Å². The largest absolute Gasteiger partial charge is 0.507 e. The van der Waals surface area contributed by atoms with E-state index in [1.165, 1.54) is 0 Å². The lowest BCUT2D eigenvalue weighted by Gasteiger charge is -2.11. The fraction of sp³-hybridized carbons (Fsp3) is 0.438. The van der Waals surface area contributed by atoms with Gasteiger partial charge in [0.25, 0.3) is 0 Å². The van der Waals surface area contributed by atoms with Gasteiger partial charge in [-0.1, -0.05) is 0 Å². The van der Waals surface area contributed by atoms with E-state index in [0.717, 1.165) is 22.6 Å². The van der Waals surface area contributed by atoms with Crippen molar-refractivity contribution in [2.24, 2.45) is 0 Å². The lowest BCUT2D eigenvalue weighted by molar-refractivity contribution is 0.406. The molecule has 0 unspecified atom stereocenters. The van der Waals surface area contributed by atoms with Gasteiger partial charge in [-0.2, -0.15) is 5.10 Å². The Hall–Kier alpha value is -2.17. The summed E-state index contributed by atoms with van der Waals surface area (Å²) < 4.78 is 7.09. The fourth-order valence-corrected chi connectivity index (χ4v) is 2.43. The quantitative estimate of drug-likeness (QED) is 0.885. The number of phenols is 1. The van der Waals surface area contributed by atoms with Crippen LogP contribution in [0.5, 0.6) is 11.5 Å². The van der Waals surface area contributed by atoms with Crippen molar-refractivity contribution in [3.63, 3.8) is 0 Å². The summed E-state index contributed by atoms with van der Waals surface area (Å²) in [5.41, 5.74) is 3.93. The third-order valence-corrected chi connectivity index (χ3v) is 3.56. The van der Waals surface area contributed by atoms with Crippen molar-refractivity contribution < 1.29 is 9.84 Å². The number of nitrogens with one attached hydrogen (secondary N) is 1. The van der Waals surface area contributed by atoms with E-state index >= 15 is 0 Å². The second-order valence-corrected chi connectivity index (χ2v) is 5.43. The molecule has 0 aliphatic heterocycles. The second kappa shape index (κ2) is 6.08. The van der Waals surface area contributed by atoms with E-state index in [2.05, 4.69) is 31.2 Å². The highest BCUT2D eigenvalue weighted by atomic mass is 16.5. The summed E-state index contributed by atoms with van der Waals surface area (Å²) in [4.78, 5) is 0. The molecule has 0 amide bonds. The summed E-state index contributed by atoms with van der Waals surface area (Å²) >= 11 is 0. The van der Waals surface area contributed by atoms with Gasteiger partial charge in [0.2, 0.25) is 0 Å². The molecule has 0 saturated carbocycles. The SMILES string of the molecule is COc1ccc(CNc2c(C)nn(C(C)C)c2C)c(O)c1. The number of rotatable bonds is 5. The fourth-order valence-electron chi connectivity index (χ4n) is 2.43. The molecule has 2 aromatic rings. The van der Waals surface area contributed by atoms with Crippen LogP contribution in [0.1, 0.15) is 36.8 Å². The van der Waals surface area contributed by atoms with Crippen molar-refractivity contribution in [1.29, 1.82) is 0 Å². The maximum Gasteiger partial charge on any atom is 0.124 e. The first kappa shape index (κ1) is 15.2. The zero-order chi connectivity index (χ0) is 15.6. The lowest BCUT2D eigenvalue weighted by Crippen LogP contribution is -2.06. The molecule has 0 atom stereocenters. The Kier molecular flexibility index (Phi) is 4.40. The second-order valence-electron chi connectivity index (χ2n) is 5.43. The summed E-state index contributed by atoms with van der Waals surface area (Å²) in [6.45, 7) is 8.80. The number of nitrogens with zero attached hydrogens (tertiary/aromatic N) is 2. The minimum absolute atomic E-state index is 0.230. The predicted molar refractivity (Wildman–Crippen MR) is 84.1 cm³/mol. The smallest absolute Gasteiger partial charge is 0.124 e. The van der Waals surface area contributed by atoms with Crippen LogP contribution in [0.25, 0.3) is 0 Å². The van der Waals surface area contributed by atoms with Crippen molar-refractivity contribution in [2.45, 2.75) is 40.3 Å². The Morgan fingerprint density at radius 2 is 2.05 bits per heavy atom. The highest BCUT2D eigenvalue weighted by molar-refractivity contribution is 5.53. The first-order valence-electron chi connectivity index (χ1n) is 7.09. The Morgan fingerprint density at radius 1 is 1.33 bits per heavy atom.